The third-order valence-electron chi connectivity index (χ3n) is 2.75. The summed E-state index contributed by atoms with van der Waals surface area (Å²) in [6, 6.07) is 3.69. The lowest BCUT2D eigenvalue weighted by molar-refractivity contribution is -0.139. The number of rotatable bonds is 5. The lowest BCUT2D eigenvalue weighted by Crippen LogP contribution is -2.41. The highest BCUT2D eigenvalue weighted by atomic mass is 32.2. The molecular weight excluding hydrogens is 315 g/mol. The van der Waals surface area contributed by atoms with E-state index in [1.165, 1.54) is 12.1 Å². The molecule has 1 unspecified atom stereocenters. The smallest absolute Gasteiger partial charge is 0.396 e. The van der Waals surface area contributed by atoms with Gasteiger partial charge >= 0.3 is 6.18 Å². The summed E-state index contributed by atoms with van der Waals surface area (Å²) in [5, 5.41) is 8.89. The summed E-state index contributed by atoms with van der Waals surface area (Å²) in [5.74, 6) is 0. The van der Waals surface area contributed by atoms with E-state index in [1.807, 2.05) is 13.8 Å². The topological polar surface area (TPSA) is 49.3 Å². The van der Waals surface area contributed by atoms with Crippen molar-refractivity contribution in [3.63, 3.8) is 0 Å². The van der Waals surface area contributed by atoms with Crippen LogP contribution in [0.25, 0.3) is 0 Å². The van der Waals surface area contributed by atoms with Gasteiger partial charge in [-0.2, -0.15) is 13.2 Å². The van der Waals surface area contributed by atoms with E-state index < -0.39 is 28.3 Å². The van der Waals surface area contributed by atoms with Crippen molar-refractivity contribution in [1.29, 1.82) is 0 Å². The van der Waals surface area contributed by atoms with Gasteiger partial charge in [0.2, 0.25) is 0 Å². The van der Waals surface area contributed by atoms with Crippen LogP contribution in [0.5, 0.6) is 0 Å². The van der Waals surface area contributed by atoms with Gasteiger partial charge in [-0.25, -0.2) is 8.93 Å². The van der Waals surface area contributed by atoms with Gasteiger partial charge in [0.25, 0.3) is 0 Å². The van der Waals surface area contributed by atoms with E-state index in [0.29, 0.717) is 5.56 Å². The number of alkyl halides is 3. The number of halogens is 3. The molecule has 1 atom stereocenters. The standard InChI is InChI=1S/C13H18F3NO2S.C2H6/c1-9-4-5-11(10(8-9)13(14,15)16)20(19)17-12(2,3)6-7-18;1-2/h4-5,8,17-18H,6-7H2,1-3H3;1-2H3. The molecule has 0 aliphatic rings. The first-order valence-electron chi connectivity index (χ1n) is 7.05. The molecule has 0 spiro atoms. The first-order valence-corrected chi connectivity index (χ1v) is 8.20. The molecule has 0 saturated carbocycles. The van der Waals surface area contributed by atoms with Gasteiger partial charge < -0.3 is 5.11 Å². The van der Waals surface area contributed by atoms with Crippen molar-refractivity contribution in [2.45, 2.75) is 57.7 Å². The predicted octanol–water partition coefficient (Wildman–Crippen LogP) is 3.81. The van der Waals surface area contributed by atoms with E-state index in [9.17, 15) is 17.4 Å². The minimum atomic E-state index is -4.56. The second kappa shape index (κ2) is 8.64. The first kappa shape index (κ1) is 21.1. The zero-order valence-electron chi connectivity index (χ0n) is 13.5. The Labute approximate surface area is 132 Å². The maximum Gasteiger partial charge on any atom is 0.417 e. The van der Waals surface area contributed by atoms with Gasteiger partial charge in [0.05, 0.1) is 10.5 Å². The molecule has 1 aromatic rings. The average Bonchev–Trinajstić information content (AvgIpc) is 2.39. The lowest BCUT2D eigenvalue weighted by atomic mass is 10.0. The fraction of sp³-hybridized carbons (Fsp3) is 0.600. The minimum absolute atomic E-state index is 0.142. The van der Waals surface area contributed by atoms with Crippen molar-refractivity contribution in [3.05, 3.63) is 29.3 Å². The number of benzene rings is 1. The van der Waals surface area contributed by atoms with Crippen LogP contribution >= 0.6 is 0 Å². The van der Waals surface area contributed by atoms with E-state index in [-0.39, 0.29) is 17.9 Å². The molecule has 1 aromatic carbocycles. The summed E-state index contributed by atoms with van der Waals surface area (Å²) < 4.78 is 53.7. The molecule has 0 aliphatic carbocycles. The normalized spacial score (nSPS) is 13.3. The van der Waals surface area contributed by atoms with Crippen molar-refractivity contribution in [1.82, 2.24) is 4.72 Å². The second-order valence-electron chi connectivity index (χ2n) is 5.23. The van der Waals surface area contributed by atoms with Crippen molar-refractivity contribution < 1.29 is 22.5 Å². The van der Waals surface area contributed by atoms with Gasteiger partial charge in [0.15, 0.2) is 0 Å². The third-order valence-corrected chi connectivity index (χ3v) is 4.24. The van der Waals surface area contributed by atoms with Crippen LogP contribution in [0.3, 0.4) is 0 Å². The van der Waals surface area contributed by atoms with Gasteiger partial charge in [-0.05, 0) is 39.3 Å². The molecular formula is C15H24F3NO2S. The van der Waals surface area contributed by atoms with Crippen LogP contribution in [-0.4, -0.2) is 21.5 Å². The Morgan fingerprint density at radius 3 is 2.23 bits per heavy atom. The fourth-order valence-corrected chi connectivity index (χ4v) is 2.94. The van der Waals surface area contributed by atoms with E-state index >= 15 is 0 Å². The summed E-state index contributed by atoms with van der Waals surface area (Å²) >= 11 is 0. The highest BCUT2D eigenvalue weighted by Crippen LogP contribution is 2.34. The van der Waals surface area contributed by atoms with Crippen molar-refractivity contribution >= 4 is 11.0 Å². The second-order valence-corrected chi connectivity index (χ2v) is 6.41. The molecule has 0 aromatic heterocycles. The van der Waals surface area contributed by atoms with Gasteiger partial charge in [-0.1, -0.05) is 25.5 Å². The van der Waals surface area contributed by atoms with Crippen LogP contribution in [0, 0.1) is 6.92 Å². The van der Waals surface area contributed by atoms with Crippen LogP contribution in [0.2, 0.25) is 0 Å². The molecule has 22 heavy (non-hydrogen) atoms. The average molecular weight is 339 g/mol. The highest BCUT2D eigenvalue weighted by molar-refractivity contribution is 7.83. The summed E-state index contributed by atoms with van der Waals surface area (Å²) in [4.78, 5) is -0.297. The number of hydrogen-bond acceptors (Lipinski definition) is 2. The number of aliphatic hydroxyl groups is 1. The van der Waals surface area contributed by atoms with Crippen molar-refractivity contribution in [3.8, 4) is 0 Å². The van der Waals surface area contributed by atoms with Crippen LogP contribution < -0.4 is 4.72 Å². The number of nitrogens with one attached hydrogen (secondary N) is 1. The number of aryl methyl sites for hydroxylation is 1. The molecule has 0 aliphatic heterocycles. The molecule has 0 amide bonds. The molecule has 0 saturated heterocycles. The predicted molar refractivity (Wildman–Crippen MR) is 82.9 cm³/mol. The quantitative estimate of drug-likeness (QED) is 0.857. The SMILES string of the molecule is CC.Cc1ccc(S(=O)NC(C)(C)CCO)c(C(F)(F)F)c1. The van der Waals surface area contributed by atoms with Crippen molar-refractivity contribution in [2.24, 2.45) is 0 Å². The molecule has 0 fully saturated rings. The van der Waals surface area contributed by atoms with Gasteiger partial charge in [-0.15, -0.1) is 0 Å². The molecule has 0 bridgehead atoms. The van der Waals surface area contributed by atoms with Crippen LogP contribution in [0.4, 0.5) is 13.2 Å². The van der Waals surface area contributed by atoms with Gasteiger partial charge in [-0.3, -0.25) is 0 Å². The summed E-state index contributed by atoms with van der Waals surface area (Å²) in [7, 11) is -2.00. The molecule has 0 radical (unpaired) electrons. The fourth-order valence-electron chi connectivity index (χ4n) is 1.66. The van der Waals surface area contributed by atoms with Crippen LogP contribution in [0.15, 0.2) is 23.1 Å². The van der Waals surface area contributed by atoms with E-state index in [2.05, 4.69) is 4.72 Å². The Kier molecular flexibility index (Phi) is 8.28. The van der Waals surface area contributed by atoms with Crippen LogP contribution in [0.1, 0.15) is 45.2 Å². The maximum absolute atomic E-state index is 13.0. The molecule has 7 heteroatoms. The Bertz CT molecular complexity index is 502. The monoisotopic (exact) mass is 339 g/mol. The number of hydrogen-bond donors (Lipinski definition) is 2. The molecule has 2 N–H and O–H groups in total. The van der Waals surface area contributed by atoms with E-state index in [1.54, 1.807) is 20.8 Å². The summed E-state index contributed by atoms with van der Waals surface area (Å²) in [6.07, 6.45) is -4.27. The highest BCUT2D eigenvalue weighted by Gasteiger charge is 2.35. The molecule has 1 rings (SSSR count). The Morgan fingerprint density at radius 2 is 1.77 bits per heavy atom. The molecule has 3 nitrogen and oxygen atoms in total. The van der Waals surface area contributed by atoms with Gasteiger partial charge in [0.1, 0.15) is 11.0 Å². The Hall–Kier alpha value is -0.920. The zero-order valence-corrected chi connectivity index (χ0v) is 14.4. The summed E-state index contributed by atoms with van der Waals surface area (Å²) in [5.41, 5.74) is -1.18. The molecule has 0 heterocycles. The van der Waals surface area contributed by atoms with E-state index in [0.717, 1.165) is 6.07 Å². The maximum atomic E-state index is 13.0. The Balaban J connectivity index is 0.00000211. The third kappa shape index (κ3) is 6.46. The van der Waals surface area contributed by atoms with E-state index in [4.69, 9.17) is 5.11 Å². The molecule has 128 valence electrons. The van der Waals surface area contributed by atoms with Crippen LogP contribution in [-0.2, 0) is 17.2 Å². The zero-order chi connectivity index (χ0) is 17.6. The minimum Gasteiger partial charge on any atom is -0.396 e. The largest absolute Gasteiger partial charge is 0.417 e. The number of aliphatic hydroxyl groups excluding tert-OH is 1. The Morgan fingerprint density at radius 1 is 1.23 bits per heavy atom. The summed E-state index contributed by atoms with van der Waals surface area (Å²) in [6.45, 7) is 8.74. The van der Waals surface area contributed by atoms with Gasteiger partial charge in [0, 0.05) is 12.1 Å². The first-order chi connectivity index (χ1) is 10.1. The van der Waals surface area contributed by atoms with Crippen molar-refractivity contribution in [2.75, 3.05) is 6.61 Å². The lowest BCUT2D eigenvalue weighted by Gasteiger charge is -2.25.